The van der Waals surface area contributed by atoms with Crippen molar-refractivity contribution in [1.29, 1.82) is 0 Å². The lowest BCUT2D eigenvalue weighted by Crippen LogP contribution is -2.00. The molecule has 3 aromatic heterocycles. The van der Waals surface area contributed by atoms with Gasteiger partial charge in [0.2, 0.25) is 0 Å². The second-order valence-corrected chi connectivity index (χ2v) is 8.68. The van der Waals surface area contributed by atoms with E-state index in [1.54, 1.807) is 6.07 Å². The zero-order valence-electron chi connectivity index (χ0n) is 13.2. The highest BCUT2D eigenvalue weighted by atomic mass is 32.1. The maximum atomic E-state index is 12.5. The summed E-state index contributed by atoms with van der Waals surface area (Å²) >= 11 is 3.92. The van der Waals surface area contributed by atoms with E-state index in [4.69, 9.17) is 12.6 Å². The molecule has 5 rings (SSSR count). The Hall–Kier alpha value is -2.36. The van der Waals surface area contributed by atoms with Gasteiger partial charge in [-0.3, -0.25) is 0 Å². The first-order valence-corrected chi connectivity index (χ1v) is 9.92. The average molecular weight is 394 g/mol. The second kappa shape index (κ2) is 5.57. The van der Waals surface area contributed by atoms with Crippen LogP contribution in [0.25, 0.3) is 31.9 Å². The molecule has 0 amide bonds. The van der Waals surface area contributed by atoms with Gasteiger partial charge in [-0.25, -0.2) is 9.59 Å². The number of ether oxygens (including phenoxy) is 1. The second-order valence-electron chi connectivity index (χ2n) is 5.75. The summed E-state index contributed by atoms with van der Waals surface area (Å²) < 4.78 is 14.4. The smallest absolute Gasteiger partial charge is 0.347 e. The fourth-order valence-electron chi connectivity index (χ4n) is 3.13. The quantitative estimate of drug-likeness (QED) is 0.295. The Balaban J connectivity index is 1.98. The Morgan fingerprint density at radius 3 is 1.92 bits per heavy atom. The van der Waals surface area contributed by atoms with Crippen molar-refractivity contribution >= 4 is 70.0 Å². The highest BCUT2D eigenvalue weighted by Gasteiger charge is 2.39. The van der Waals surface area contributed by atoms with E-state index in [2.05, 4.69) is 8.75 Å². The van der Waals surface area contributed by atoms with Crippen LogP contribution in [0.3, 0.4) is 0 Å². The van der Waals surface area contributed by atoms with Crippen molar-refractivity contribution in [1.82, 2.24) is 8.75 Å². The molecular weight excluding hydrogens is 387 g/mol. The summed E-state index contributed by atoms with van der Waals surface area (Å²) in [7, 11) is 5.87. The predicted molar refractivity (Wildman–Crippen MR) is 104 cm³/mol. The van der Waals surface area contributed by atoms with Crippen molar-refractivity contribution in [2.24, 2.45) is 0 Å². The van der Waals surface area contributed by atoms with Gasteiger partial charge in [-0.1, -0.05) is 6.07 Å². The van der Waals surface area contributed by atoms with E-state index in [0.717, 1.165) is 26.4 Å². The van der Waals surface area contributed by atoms with Gasteiger partial charge in [0, 0.05) is 25.8 Å². The lowest BCUT2D eigenvalue weighted by atomic mass is 9.93. The summed E-state index contributed by atoms with van der Waals surface area (Å²) in [4.78, 5) is 27.8. The number of hydrogen-bond donors (Lipinski definition) is 0. The van der Waals surface area contributed by atoms with Crippen LogP contribution in [0.4, 0.5) is 0 Å². The topological polar surface area (TPSA) is 69.2 Å². The van der Waals surface area contributed by atoms with Gasteiger partial charge in [-0.15, -0.1) is 11.3 Å². The summed E-state index contributed by atoms with van der Waals surface area (Å²) in [5, 5.41) is 0. The molecule has 0 saturated carbocycles. The number of aryl methyl sites for hydroxylation is 1. The van der Waals surface area contributed by atoms with Crippen molar-refractivity contribution in [3.63, 3.8) is 0 Å². The zero-order chi connectivity index (χ0) is 18.0. The van der Waals surface area contributed by atoms with Crippen LogP contribution in [-0.4, -0.2) is 28.5 Å². The van der Waals surface area contributed by atoms with Crippen molar-refractivity contribution in [3.8, 4) is 20.9 Å². The molecule has 0 bridgehead atoms. The van der Waals surface area contributed by atoms with Crippen LogP contribution in [-0.2, 0) is 4.74 Å². The predicted octanol–water partition coefficient (Wildman–Crippen LogP) is 3.56. The third-order valence-electron chi connectivity index (χ3n) is 4.17. The Kier molecular flexibility index (Phi) is 3.40. The Morgan fingerprint density at radius 2 is 1.42 bits per heavy atom. The molecule has 124 valence electrons. The van der Waals surface area contributed by atoms with Crippen molar-refractivity contribution in [3.05, 3.63) is 40.3 Å². The fourth-order valence-corrected chi connectivity index (χ4v) is 5.44. The first kappa shape index (κ1) is 15.9. The number of rotatable bonds is 2. The molecule has 26 heavy (non-hydrogen) atoms. The minimum atomic E-state index is -0.656. The van der Waals surface area contributed by atoms with Crippen LogP contribution in [0.2, 0.25) is 0 Å². The Labute approximate surface area is 161 Å². The number of esters is 2. The average Bonchev–Trinajstić information content (AvgIpc) is 3.36. The van der Waals surface area contributed by atoms with Crippen LogP contribution in [0.15, 0.2) is 24.3 Å². The third kappa shape index (κ3) is 2.14. The highest BCUT2D eigenvalue weighted by Crippen LogP contribution is 2.46. The molecule has 1 aliphatic heterocycles. The third-order valence-corrected chi connectivity index (χ3v) is 6.64. The molecule has 0 spiro atoms. The van der Waals surface area contributed by atoms with Gasteiger partial charge in [0.05, 0.1) is 22.9 Å². The zero-order valence-corrected chi connectivity index (χ0v) is 15.7. The van der Waals surface area contributed by atoms with Crippen LogP contribution >= 0.6 is 34.4 Å². The van der Waals surface area contributed by atoms with E-state index in [1.807, 2.05) is 25.1 Å². The van der Waals surface area contributed by atoms with Gasteiger partial charge in [-0.05, 0) is 29.9 Å². The van der Waals surface area contributed by atoms with Crippen molar-refractivity contribution < 1.29 is 14.3 Å². The van der Waals surface area contributed by atoms with Crippen LogP contribution < -0.4 is 4.78 Å². The molecular formula is C17H7BN2O3S3. The van der Waals surface area contributed by atoms with E-state index >= 15 is 0 Å². The lowest BCUT2D eigenvalue weighted by Gasteiger charge is -2.09. The number of cyclic esters (lactones) is 2. The number of fused-ring (bicyclic) bond motifs is 2. The molecule has 4 heterocycles. The van der Waals surface area contributed by atoms with Crippen LogP contribution in [0, 0.1) is 6.92 Å². The monoisotopic (exact) mass is 394 g/mol. The number of thiophene rings is 2. The molecule has 0 N–H and O–H groups in total. The number of nitrogens with zero attached hydrogens (tertiary/aromatic N) is 2. The Morgan fingerprint density at radius 1 is 0.846 bits per heavy atom. The molecule has 0 saturated heterocycles. The Bertz CT molecular complexity index is 1150. The SMILES string of the molecule is [B]c1ccc(-c2c3c(c(-c4ccc(C)s4)c4nsnc24)C(=O)OC3=O)s1. The number of carbonyl (C=O) groups is 2. The van der Waals surface area contributed by atoms with Crippen LogP contribution in [0.5, 0.6) is 0 Å². The first-order chi connectivity index (χ1) is 12.5. The molecule has 1 aromatic carbocycles. The molecule has 0 atom stereocenters. The lowest BCUT2D eigenvalue weighted by molar-refractivity contribution is 0.0444. The number of hydrogen-bond acceptors (Lipinski definition) is 8. The van der Waals surface area contributed by atoms with E-state index in [-0.39, 0.29) is 11.1 Å². The van der Waals surface area contributed by atoms with E-state index in [1.165, 1.54) is 22.7 Å². The maximum absolute atomic E-state index is 12.5. The van der Waals surface area contributed by atoms with E-state index in [0.29, 0.717) is 26.9 Å². The van der Waals surface area contributed by atoms with Gasteiger partial charge in [0.1, 0.15) is 18.9 Å². The molecule has 0 fully saturated rings. The van der Waals surface area contributed by atoms with Crippen molar-refractivity contribution in [2.45, 2.75) is 6.92 Å². The van der Waals surface area contributed by atoms with E-state index < -0.39 is 11.9 Å². The fraction of sp³-hybridized carbons (Fsp3) is 0.0588. The molecule has 9 heteroatoms. The molecule has 0 aliphatic carbocycles. The number of benzene rings is 1. The van der Waals surface area contributed by atoms with Gasteiger partial charge < -0.3 is 4.74 Å². The number of aromatic nitrogens is 2. The largest absolute Gasteiger partial charge is 0.386 e. The van der Waals surface area contributed by atoms with Crippen LogP contribution in [0.1, 0.15) is 25.6 Å². The molecule has 2 radical (unpaired) electrons. The van der Waals surface area contributed by atoms with E-state index in [9.17, 15) is 9.59 Å². The maximum Gasteiger partial charge on any atom is 0.347 e. The highest BCUT2D eigenvalue weighted by molar-refractivity contribution is 7.23. The normalized spacial score (nSPS) is 13.4. The summed E-state index contributed by atoms with van der Waals surface area (Å²) in [6.45, 7) is 1.98. The summed E-state index contributed by atoms with van der Waals surface area (Å²) in [5.74, 6) is -1.30. The van der Waals surface area contributed by atoms with Gasteiger partial charge in [0.25, 0.3) is 0 Å². The molecule has 0 unspecified atom stereocenters. The summed E-state index contributed by atoms with van der Waals surface area (Å²) in [5.41, 5.74) is 2.88. The van der Waals surface area contributed by atoms with Gasteiger partial charge >= 0.3 is 11.9 Å². The standard InChI is InChI=1S/C17H7BN2O3S3/c1-6-2-3-7(24-6)10-12-13(17(22)23-16(12)21)11(8-4-5-9(18)25-8)15-14(10)19-26-20-15/h2-5H,1H3. The summed E-state index contributed by atoms with van der Waals surface area (Å²) in [6.07, 6.45) is 0. The first-order valence-electron chi connectivity index (χ1n) is 7.56. The van der Waals surface area contributed by atoms with Gasteiger partial charge in [-0.2, -0.15) is 20.1 Å². The minimum absolute atomic E-state index is 0.248. The van der Waals surface area contributed by atoms with Gasteiger partial charge in [0.15, 0.2) is 0 Å². The summed E-state index contributed by atoms with van der Waals surface area (Å²) in [6, 6.07) is 7.47. The molecule has 4 aromatic rings. The number of carbonyl (C=O) groups excluding carboxylic acids is 2. The molecule has 5 nitrogen and oxygen atoms in total. The molecule has 1 aliphatic rings. The minimum Gasteiger partial charge on any atom is -0.386 e. The van der Waals surface area contributed by atoms with Crippen molar-refractivity contribution in [2.75, 3.05) is 0 Å².